The summed E-state index contributed by atoms with van der Waals surface area (Å²) in [6.07, 6.45) is 5.14. The highest BCUT2D eigenvalue weighted by molar-refractivity contribution is 5.81. The van der Waals surface area contributed by atoms with E-state index < -0.39 is 6.10 Å². The van der Waals surface area contributed by atoms with Crippen LogP contribution in [0.5, 0.6) is 5.75 Å². The van der Waals surface area contributed by atoms with Crippen molar-refractivity contribution in [2.75, 3.05) is 6.54 Å². The Labute approximate surface area is 141 Å². The first kappa shape index (κ1) is 16.1. The van der Waals surface area contributed by atoms with E-state index in [0.29, 0.717) is 11.3 Å². The normalized spacial score (nSPS) is 18.2. The Balaban J connectivity index is 1.69. The second-order valence-electron chi connectivity index (χ2n) is 6.03. The van der Waals surface area contributed by atoms with Gasteiger partial charge in [0.15, 0.2) is 6.10 Å². The number of rotatable bonds is 4. The number of nitriles is 1. The molecule has 2 aromatic rings. The molecule has 1 aromatic heterocycles. The van der Waals surface area contributed by atoms with Crippen LogP contribution in [0.15, 0.2) is 36.7 Å². The third-order valence-electron chi connectivity index (χ3n) is 4.29. The number of hydrogen-bond donors (Lipinski definition) is 0. The van der Waals surface area contributed by atoms with Crippen molar-refractivity contribution in [1.82, 2.24) is 14.7 Å². The van der Waals surface area contributed by atoms with E-state index in [1.165, 1.54) is 0 Å². The number of hydrogen-bond acceptors (Lipinski definition) is 4. The van der Waals surface area contributed by atoms with Crippen LogP contribution >= 0.6 is 0 Å². The molecule has 0 aliphatic carbocycles. The van der Waals surface area contributed by atoms with Gasteiger partial charge in [-0.15, -0.1) is 0 Å². The van der Waals surface area contributed by atoms with Gasteiger partial charge < -0.3 is 9.64 Å². The molecule has 1 aliphatic rings. The number of aromatic nitrogens is 2. The highest BCUT2D eigenvalue weighted by Gasteiger charge is 2.33. The zero-order valence-corrected chi connectivity index (χ0v) is 13.8. The molecule has 1 amide bonds. The molecule has 2 atom stereocenters. The van der Waals surface area contributed by atoms with Gasteiger partial charge in [-0.3, -0.25) is 9.48 Å². The molecule has 1 saturated heterocycles. The van der Waals surface area contributed by atoms with Crippen molar-refractivity contribution in [1.29, 1.82) is 5.26 Å². The van der Waals surface area contributed by atoms with Gasteiger partial charge in [0, 0.05) is 25.4 Å². The van der Waals surface area contributed by atoms with E-state index in [2.05, 4.69) is 11.2 Å². The Hall–Kier alpha value is -2.81. The Morgan fingerprint density at radius 1 is 1.42 bits per heavy atom. The number of carbonyl (C=O) groups is 1. The smallest absolute Gasteiger partial charge is 0.263 e. The van der Waals surface area contributed by atoms with Gasteiger partial charge in [0.25, 0.3) is 5.91 Å². The van der Waals surface area contributed by atoms with Crippen molar-refractivity contribution in [3.8, 4) is 11.8 Å². The van der Waals surface area contributed by atoms with Gasteiger partial charge in [0.1, 0.15) is 5.75 Å². The molecular formula is C18H20N4O2. The molecular weight excluding hydrogens is 304 g/mol. The van der Waals surface area contributed by atoms with Crippen LogP contribution in [0.25, 0.3) is 0 Å². The molecule has 0 unspecified atom stereocenters. The molecule has 124 valence electrons. The lowest BCUT2D eigenvalue weighted by molar-refractivity contribution is -0.138. The number of carbonyl (C=O) groups excluding carboxylic acids is 1. The number of benzene rings is 1. The van der Waals surface area contributed by atoms with E-state index >= 15 is 0 Å². The van der Waals surface area contributed by atoms with Crippen molar-refractivity contribution >= 4 is 5.91 Å². The largest absolute Gasteiger partial charge is 0.481 e. The molecule has 0 spiro atoms. The van der Waals surface area contributed by atoms with Gasteiger partial charge in [-0.2, -0.15) is 10.4 Å². The molecule has 0 saturated carbocycles. The number of aryl methyl sites for hydroxylation is 1. The first-order chi connectivity index (χ1) is 11.6. The molecule has 6 heteroatoms. The van der Waals surface area contributed by atoms with Crippen LogP contribution in [0.3, 0.4) is 0 Å². The van der Waals surface area contributed by atoms with E-state index in [9.17, 15) is 4.79 Å². The fourth-order valence-electron chi connectivity index (χ4n) is 3.09. The van der Waals surface area contributed by atoms with Crippen LogP contribution in [0.1, 0.15) is 36.9 Å². The van der Waals surface area contributed by atoms with Gasteiger partial charge in [-0.05, 0) is 44.0 Å². The molecule has 0 radical (unpaired) electrons. The fourth-order valence-corrected chi connectivity index (χ4v) is 3.09. The summed E-state index contributed by atoms with van der Waals surface area (Å²) in [6.45, 7) is 2.50. The topological polar surface area (TPSA) is 71.2 Å². The molecule has 0 bridgehead atoms. The predicted octanol–water partition coefficient (Wildman–Crippen LogP) is 2.42. The maximum absolute atomic E-state index is 12.8. The van der Waals surface area contributed by atoms with Crippen molar-refractivity contribution < 1.29 is 9.53 Å². The number of nitrogens with zero attached hydrogens (tertiary/aromatic N) is 4. The molecule has 6 nitrogen and oxygen atoms in total. The summed E-state index contributed by atoms with van der Waals surface area (Å²) in [5.74, 6) is 0.567. The molecule has 1 fully saturated rings. The van der Waals surface area contributed by atoms with Crippen LogP contribution in [-0.4, -0.2) is 33.2 Å². The van der Waals surface area contributed by atoms with E-state index in [-0.39, 0.29) is 11.9 Å². The first-order valence-corrected chi connectivity index (χ1v) is 8.04. The average Bonchev–Trinajstić information content (AvgIpc) is 3.23. The lowest BCUT2D eigenvalue weighted by atomic mass is 10.1. The van der Waals surface area contributed by atoms with Crippen molar-refractivity contribution in [2.45, 2.75) is 31.9 Å². The minimum absolute atomic E-state index is 0.0225. The SMILES string of the molecule is C[C@@H](Oc1ccc(C#N)cc1)C(=O)N1CCC[C@H]1c1cnn(C)c1. The van der Waals surface area contributed by atoms with Crippen LogP contribution in [0.4, 0.5) is 0 Å². The summed E-state index contributed by atoms with van der Waals surface area (Å²) in [5.41, 5.74) is 1.63. The standard InChI is InChI=1S/C18H20N4O2/c1-13(24-16-7-5-14(10-19)6-8-16)18(23)22-9-3-4-17(22)15-11-20-21(2)12-15/h5-8,11-13,17H,3-4,9H2,1-2H3/t13-,17+/m1/s1. The van der Waals surface area contributed by atoms with Gasteiger partial charge in [-0.25, -0.2) is 0 Å². The van der Waals surface area contributed by atoms with Crippen LogP contribution < -0.4 is 4.74 Å². The van der Waals surface area contributed by atoms with Crippen molar-refractivity contribution in [2.24, 2.45) is 7.05 Å². The summed E-state index contributed by atoms with van der Waals surface area (Å²) in [6, 6.07) is 8.92. The molecule has 1 aromatic carbocycles. The third-order valence-corrected chi connectivity index (χ3v) is 4.29. The Bertz CT molecular complexity index is 760. The van der Waals surface area contributed by atoms with Crippen LogP contribution in [-0.2, 0) is 11.8 Å². The first-order valence-electron chi connectivity index (χ1n) is 8.04. The van der Waals surface area contributed by atoms with Gasteiger partial charge in [-0.1, -0.05) is 0 Å². The Morgan fingerprint density at radius 3 is 2.79 bits per heavy atom. The van der Waals surface area contributed by atoms with Gasteiger partial charge in [0.2, 0.25) is 0 Å². The van der Waals surface area contributed by atoms with E-state index in [4.69, 9.17) is 10.00 Å². The Morgan fingerprint density at radius 2 is 2.17 bits per heavy atom. The number of amides is 1. The van der Waals surface area contributed by atoms with E-state index in [0.717, 1.165) is 24.9 Å². The van der Waals surface area contributed by atoms with E-state index in [1.807, 2.05) is 24.3 Å². The second-order valence-corrected chi connectivity index (χ2v) is 6.03. The number of likely N-dealkylation sites (tertiary alicyclic amines) is 1. The molecule has 0 N–H and O–H groups in total. The highest BCUT2D eigenvalue weighted by atomic mass is 16.5. The van der Waals surface area contributed by atoms with Gasteiger partial charge >= 0.3 is 0 Å². The maximum Gasteiger partial charge on any atom is 0.263 e. The fraction of sp³-hybridized carbons (Fsp3) is 0.389. The van der Waals surface area contributed by atoms with Crippen molar-refractivity contribution in [3.05, 3.63) is 47.8 Å². The lowest BCUT2D eigenvalue weighted by Crippen LogP contribution is -2.40. The lowest BCUT2D eigenvalue weighted by Gasteiger charge is -2.27. The molecule has 24 heavy (non-hydrogen) atoms. The minimum Gasteiger partial charge on any atom is -0.481 e. The average molecular weight is 324 g/mol. The van der Waals surface area contributed by atoms with E-state index in [1.54, 1.807) is 35.9 Å². The zero-order chi connectivity index (χ0) is 17.1. The monoisotopic (exact) mass is 324 g/mol. The quantitative estimate of drug-likeness (QED) is 0.866. The molecule has 1 aliphatic heterocycles. The van der Waals surface area contributed by atoms with Crippen LogP contribution in [0, 0.1) is 11.3 Å². The maximum atomic E-state index is 12.8. The summed E-state index contributed by atoms with van der Waals surface area (Å²) >= 11 is 0. The number of ether oxygens (including phenoxy) is 1. The summed E-state index contributed by atoms with van der Waals surface area (Å²) < 4.78 is 7.51. The predicted molar refractivity (Wildman–Crippen MR) is 88.1 cm³/mol. The highest BCUT2D eigenvalue weighted by Crippen LogP contribution is 2.32. The van der Waals surface area contributed by atoms with Crippen molar-refractivity contribution in [3.63, 3.8) is 0 Å². The minimum atomic E-state index is -0.574. The van der Waals surface area contributed by atoms with Crippen LogP contribution in [0.2, 0.25) is 0 Å². The molecule has 2 heterocycles. The second kappa shape index (κ2) is 6.75. The Kier molecular flexibility index (Phi) is 4.52. The zero-order valence-electron chi connectivity index (χ0n) is 13.8. The summed E-state index contributed by atoms with van der Waals surface area (Å²) in [5, 5.41) is 13.0. The molecule has 3 rings (SSSR count). The van der Waals surface area contributed by atoms with Gasteiger partial charge in [0.05, 0.1) is 23.9 Å². The third kappa shape index (κ3) is 3.25. The summed E-state index contributed by atoms with van der Waals surface area (Å²) in [4.78, 5) is 14.7. The summed E-state index contributed by atoms with van der Waals surface area (Å²) in [7, 11) is 1.88.